The van der Waals surface area contributed by atoms with E-state index in [2.05, 4.69) is 5.32 Å². The molecule has 4 atom stereocenters. The van der Waals surface area contributed by atoms with Gasteiger partial charge < -0.3 is 19.5 Å². The summed E-state index contributed by atoms with van der Waals surface area (Å²) in [6, 6.07) is 13.1. The van der Waals surface area contributed by atoms with E-state index in [1.807, 2.05) is 24.3 Å². The third-order valence-electron chi connectivity index (χ3n) is 5.19. The molecule has 0 spiro atoms. The first-order valence-electron chi connectivity index (χ1n) is 9.06. The molecule has 1 N–H and O–H groups in total. The molecule has 0 aromatic heterocycles. The number of esters is 1. The van der Waals surface area contributed by atoms with Crippen LogP contribution in [0.2, 0.25) is 0 Å². The van der Waals surface area contributed by atoms with Crippen molar-refractivity contribution in [2.75, 3.05) is 12.4 Å². The molecule has 0 amide bonds. The lowest BCUT2D eigenvalue weighted by Gasteiger charge is -2.32. The minimum absolute atomic E-state index is 0.0348. The fourth-order valence-corrected chi connectivity index (χ4v) is 3.73. The molecule has 28 heavy (non-hydrogen) atoms. The van der Waals surface area contributed by atoms with Crippen LogP contribution in [0.15, 0.2) is 48.5 Å². The molecule has 8 heteroatoms. The number of methoxy groups -OCH3 is 1. The van der Waals surface area contributed by atoms with Crippen molar-refractivity contribution in [1.82, 2.24) is 0 Å². The predicted octanol–water partition coefficient (Wildman–Crippen LogP) is 3.43. The molecule has 4 rings (SSSR count). The molecular formula is C20H20N2O6. The lowest BCUT2D eigenvalue weighted by Crippen LogP contribution is -2.37. The second-order valence-electron chi connectivity index (χ2n) is 6.87. The van der Waals surface area contributed by atoms with Gasteiger partial charge in [-0.05, 0) is 36.6 Å². The quantitative estimate of drug-likeness (QED) is 0.479. The summed E-state index contributed by atoms with van der Waals surface area (Å²) in [6.07, 6.45) is 0.692. The molecule has 0 saturated carbocycles. The molecule has 0 unspecified atom stereocenters. The molecule has 0 radical (unpaired) electrons. The molecule has 2 aliphatic heterocycles. The largest absolute Gasteiger partial charge is 0.497 e. The van der Waals surface area contributed by atoms with E-state index in [1.54, 1.807) is 19.2 Å². The van der Waals surface area contributed by atoms with E-state index < -0.39 is 23.2 Å². The fraction of sp³-hybridized carbons (Fsp3) is 0.350. The van der Waals surface area contributed by atoms with Gasteiger partial charge in [0.25, 0.3) is 5.69 Å². The van der Waals surface area contributed by atoms with Crippen LogP contribution in [0.5, 0.6) is 5.75 Å². The summed E-state index contributed by atoms with van der Waals surface area (Å²) in [4.78, 5) is 22.9. The number of benzene rings is 2. The number of hydrogen-bond acceptors (Lipinski definition) is 7. The number of carbonyl (C=O) groups is 1. The van der Waals surface area contributed by atoms with E-state index in [0.717, 1.165) is 24.2 Å². The molecule has 0 bridgehead atoms. The van der Waals surface area contributed by atoms with Crippen LogP contribution in [0.3, 0.4) is 0 Å². The lowest BCUT2D eigenvalue weighted by atomic mass is 9.89. The van der Waals surface area contributed by atoms with Crippen LogP contribution in [-0.4, -0.2) is 30.3 Å². The topological polar surface area (TPSA) is 99.9 Å². The SMILES string of the molecule is COc1ccc([C@@H]2CC[C@@H]3[C@@H](OC(=O)[C@@H]3Nc3cccc([N+](=O)[O-])c3)O2)cc1. The van der Waals surface area contributed by atoms with Crippen LogP contribution in [0.1, 0.15) is 24.5 Å². The van der Waals surface area contributed by atoms with Gasteiger partial charge in [0, 0.05) is 17.8 Å². The van der Waals surface area contributed by atoms with E-state index in [1.165, 1.54) is 12.1 Å². The summed E-state index contributed by atoms with van der Waals surface area (Å²) < 4.78 is 16.7. The van der Waals surface area contributed by atoms with E-state index in [9.17, 15) is 14.9 Å². The number of hydrogen-bond donors (Lipinski definition) is 1. The van der Waals surface area contributed by atoms with Crippen molar-refractivity contribution >= 4 is 17.3 Å². The zero-order valence-electron chi connectivity index (χ0n) is 15.2. The third kappa shape index (κ3) is 3.50. The van der Waals surface area contributed by atoms with Crippen molar-refractivity contribution < 1.29 is 23.9 Å². The Morgan fingerprint density at radius 3 is 2.68 bits per heavy atom. The maximum atomic E-state index is 12.4. The Kier molecular flexibility index (Phi) is 4.87. The van der Waals surface area contributed by atoms with Gasteiger partial charge in [0.15, 0.2) is 0 Å². The van der Waals surface area contributed by atoms with Gasteiger partial charge in [-0.3, -0.25) is 10.1 Å². The normalized spacial score (nSPS) is 26.2. The van der Waals surface area contributed by atoms with E-state index in [-0.39, 0.29) is 17.7 Å². The molecule has 8 nitrogen and oxygen atoms in total. The second-order valence-corrected chi connectivity index (χ2v) is 6.87. The minimum Gasteiger partial charge on any atom is -0.497 e. The van der Waals surface area contributed by atoms with Crippen molar-refractivity contribution in [3.63, 3.8) is 0 Å². The summed E-state index contributed by atoms with van der Waals surface area (Å²) in [5, 5.41) is 14.0. The number of carbonyl (C=O) groups excluding carboxylic acids is 1. The summed E-state index contributed by atoms with van der Waals surface area (Å²) in [7, 11) is 1.61. The molecule has 2 heterocycles. The van der Waals surface area contributed by atoms with Crippen molar-refractivity contribution in [2.45, 2.75) is 31.3 Å². The van der Waals surface area contributed by atoms with Crippen LogP contribution in [0.4, 0.5) is 11.4 Å². The number of nitro groups is 1. The maximum Gasteiger partial charge on any atom is 0.331 e. The van der Waals surface area contributed by atoms with Gasteiger partial charge in [-0.15, -0.1) is 0 Å². The van der Waals surface area contributed by atoms with Crippen molar-refractivity contribution in [1.29, 1.82) is 0 Å². The van der Waals surface area contributed by atoms with Gasteiger partial charge in [-0.25, -0.2) is 4.79 Å². The van der Waals surface area contributed by atoms with E-state index in [4.69, 9.17) is 14.2 Å². The van der Waals surface area contributed by atoms with Crippen molar-refractivity contribution in [3.8, 4) is 5.75 Å². The van der Waals surface area contributed by atoms with Crippen LogP contribution < -0.4 is 10.1 Å². The molecular weight excluding hydrogens is 364 g/mol. The Balaban J connectivity index is 1.45. The number of ether oxygens (including phenoxy) is 3. The summed E-state index contributed by atoms with van der Waals surface area (Å²) in [5.74, 6) is 0.212. The molecule has 2 fully saturated rings. The zero-order valence-corrected chi connectivity index (χ0v) is 15.2. The van der Waals surface area contributed by atoms with Gasteiger partial charge >= 0.3 is 5.97 Å². The standard InChI is InChI=1S/C20H20N2O6/c1-26-15-7-5-12(6-8-15)17-10-9-16-18(19(23)28-20(16)27-17)21-13-3-2-4-14(11-13)22(24)25/h2-8,11,16-18,20-21H,9-10H2,1H3/t16-,17-,18+,20+/m0/s1. The number of nitrogens with zero attached hydrogens (tertiary/aromatic N) is 1. The highest BCUT2D eigenvalue weighted by Crippen LogP contribution is 2.41. The average molecular weight is 384 g/mol. The van der Waals surface area contributed by atoms with Crippen molar-refractivity contribution in [2.24, 2.45) is 5.92 Å². The highest BCUT2D eigenvalue weighted by Gasteiger charge is 2.48. The van der Waals surface area contributed by atoms with Gasteiger partial charge in [-0.2, -0.15) is 0 Å². The van der Waals surface area contributed by atoms with Crippen LogP contribution >= 0.6 is 0 Å². The first-order valence-corrected chi connectivity index (χ1v) is 9.06. The molecule has 146 valence electrons. The Morgan fingerprint density at radius 2 is 1.96 bits per heavy atom. The zero-order chi connectivity index (χ0) is 19.7. The van der Waals surface area contributed by atoms with Gasteiger partial charge in [0.1, 0.15) is 11.8 Å². The summed E-state index contributed by atoms with van der Waals surface area (Å²) in [6.45, 7) is 0. The van der Waals surface area contributed by atoms with Crippen LogP contribution in [0.25, 0.3) is 0 Å². The Labute approximate surface area is 161 Å². The Morgan fingerprint density at radius 1 is 1.18 bits per heavy atom. The first kappa shape index (κ1) is 18.2. The van der Waals surface area contributed by atoms with Gasteiger partial charge in [0.2, 0.25) is 6.29 Å². The maximum absolute atomic E-state index is 12.4. The summed E-state index contributed by atoms with van der Waals surface area (Å²) in [5.41, 5.74) is 1.48. The molecule has 2 saturated heterocycles. The second kappa shape index (κ2) is 7.47. The fourth-order valence-electron chi connectivity index (χ4n) is 3.73. The predicted molar refractivity (Wildman–Crippen MR) is 99.9 cm³/mol. The molecule has 0 aliphatic carbocycles. The first-order chi connectivity index (χ1) is 13.5. The van der Waals surface area contributed by atoms with E-state index in [0.29, 0.717) is 5.69 Å². The summed E-state index contributed by atoms with van der Waals surface area (Å²) >= 11 is 0. The minimum atomic E-state index is -0.635. The molecule has 2 aromatic rings. The monoisotopic (exact) mass is 384 g/mol. The van der Waals surface area contributed by atoms with E-state index >= 15 is 0 Å². The lowest BCUT2D eigenvalue weighted by molar-refractivity contribution is -0.384. The number of rotatable bonds is 5. The van der Waals surface area contributed by atoms with Gasteiger partial charge in [0.05, 0.1) is 24.1 Å². The molecule has 2 aromatic carbocycles. The average Bonchev–Trinajstić information content (AvgIpc) is 3.02. The number of anilines is 1. The number of nitro benzene ring substituents is 1. The Hall–Kier alpha value is -3.13. The van der Waals surface area contributed by atoms with Gasteiger partial charge in [-0.1, -0.05) is 18.2 Å². The number of non-ortho nitro benzene ring substituents is 1. The smallest absolute Gasteiger partial charge is 0.331 e. The van der Waals surface area contributed by atoms with Crippen LogP contribution in [-0.2, 0) is 14.3 Å². The highest BCUT2D eigenvalue weighted by atomic mass is 16.7. The highest BCUT2D eigenvalue weighted by molar-refractivity contribution is 5.82. The Bertz CT molecular complexity index is 885. The number of nitrogens with one attached hydrogen (secondary N) is 1. The van der Waals surface area contributed by atoms with Crippen molar-refractivity contribution in [3.05, 3.63) is 64.2 Å². The third-order valence-corrected chi connectivity index (χ3v) is 5.19. The number of fused-ring (bicyclic) bond motifs is 1. The van der Waals surface area contributed by atoms with Crippen LogP contribution in [0, 0.1) is 16.0 Å². The molecule has 2 aliphatic rings.